The highest BCUT2D eigenvalue weighted by Gasteiger charge is 2.32. The van der Waals surface area contributed by atoms with E-state index in [-0.39, 0.29) is 22.4 Å². The number of carbonyl (C=O) groups is 2. The molecule has 0 radical (unpaired) electrons. The maximum absolute atomic E-state index is 12.9. The molecule has 0 atom stereocenters. The molecular weight excluding hydrogens is 374 g/mol. The van der Waals surface area contributed by atoms with Gasteiger partial charge < -0.3 is 0 Å². The van der Waals surface area contributed by atoms with Crippen LogP contribution in [0.5, 0.6) is 0 Å². The second-order valence-corrected chi connectivity index (χ2v) is 9.38. The molecular formula is C22H25NO4S. The minimum atomic E-state index is -3.62. The van der Waals surface area contributed by atoms with Gasteiger partial charge in [-0.2, -0.15) is 4.31 Å². The largest absolute Gasteiger partial charge is 0.295 e. The summed E-state index contributed by atoms with van der Waals surface area (Å²) in [6.45, 7) is 5.97. The zero-order valence-corrected chi connectivity index (χ0v) is 17.3. The van der Waals surface area contributed by atoms with Gasteiger partial charge >= 0.3 is 0 Å². The molecule has 0 bridgehead atoms. The molecule has 0 N–H and O–H groups in total. The van der Waals surface area contributed by atoms with Crippen LogP contribution in [0.2, 0.25) is 0 Å². The quantitative estimate of drug-likeness (QED) is 0.717. The van der Waals surface area contributed by atoms with Crippen molar-refractivity contribution < 1.29 is 18.0 Å². The SMILES string of the molecule is CC(=O)c1ccc(S(=O)(=O)N2CCC(C(=O)c3cc(C)ccc3C)CC2)cc1. The molecule has 3 rings (SSSR count). The average Bonchev–Trinajstić information content (AvgIpc) is 2.69. The fraction of sp³-hybridized carbons (Fsp3) is 0.364. The van der Waals surface area contributed by atoms with E-state index >= 15 is 0 Å². The summed E-state index contributed by atoms with van der Waals surface area (Å²) >= 11 is 0. The molecule has 28 heavy (non-hydrogen) atoms. The average molecular weight is 400 g/mol. The Morgan fingerprint density at radius 1 is 0.964 bits per heavy atom. The van der Waals surface area contributed by atoms with Gasteiger partial charge in [0.15, 0.2) is 11.6 Å². The summed E-state index contributed by atoms with van der Waals surface area (Å²) in [5, 5.41) is 0. The van der Waals surface area contributed by atoms with Crippen LogP contribution >= 0.6 is 0 Å². The lowest BCUT2D eigenvalue weighted by molar-refractivity contribution is 0.0874. The van der Waals surface area contributed by atoms with Crippen LogP contribution in [0, 0.1) is 19.8 Å². The molecule has 0 saturated carbocycles. The number of piperidine rings is 1. The van der Waals surface area contributed by atoms with Crippen molar-refractivity contribution in [3.63, 3.8) is 0 Å². The van der Waals surface area contributed by atoms with Crippen molar-refractivity contribution in [2.24, 2.45) is 5.92 Å². The zero-order chi connectivity index (χ0) is 20.5. The molecule has 0 amide bonds. The van der Waals surface area contributed by atoms with Gasteiger partial charge in [0, 0.05) is 30.1 Å². The fourth-order valence-corrected chi connectivity index (χ4v) is 5.06. The van der Waals surface area contributed by atoms with Crippen molar-refractivity contribution in [1.29, 1.82) is 0 Å². The van der Waals surface area contributed by atoms with Gasteiger partial charge in [0.1, 0.15) is 0 Å². The highest BCUT2D eigenvalue weighted by molar-refractivity contribution is 7.89. The van der Waals surface area contributed by atoms with Crippen LogP contribution in [0.1, 0.15) is 51.6 Å². The van der Waals surface area contributed by atoms with E-state index < -0.39 is 10.0 Å². The number of ketones is 2. The number of hydrogen-bond acceptors (Lipinski definition) is 4. The van der Waals surface area contributed by atoms with E-state index in [1.807, 2.05) is 32.0 Å². The van der Waals surface area contributed by atoms with Crippen LogP contribution < -0.4 is 0 Å². The Kier molecular flexibility index (Phi) is 5.82. The molecule has 2 aromatic rings. The molecule has 1 aliphatic rings. The molecule has 0 aliphatic carbocycles. The van der Waals surface area contributed by atoms with Gasteiger partial charge in [-0.25, -0.2) is 8.42 Å². The Bertz CT molecular complexity index is 1000. The van der Waals surface area contributed by atoms with Crippen molar-refractivity contribution >= 4 is 21.6 Å². The van der Waals surface area contributed by atoms with E-state index in [0.717, 1.165) is 16.7 Å². The standard InChI is InChI=1S/C22H25NO4S/c1-15-4-5-16(2)21(14-15)22(25)19-10-12-23(13-11-19)28(26,27)20-8-6-18(7-9-20)17(3)24/h4-9,14,19H,10-13H2,1-3H3. The second-order valence-electron chi connectivity index (χ2n) is 7.44. The van der Waals surface area contributed by atoms with Crippen LogP contribution in [0.3, 0.4) is 0 Å². The minimum Gasteiger partial charge on any atom is -0.295 e. The molecule has 0 aromatic heterocycles. The molecule has 6 heteroatoms. The van der Waals surface area contributed by atoms with Crippen molar-refractivity contribution in [2.45, 2.75) is 38.5 Å². The summed E-state index contributed by atoms with van der Waals surface area (Å²) in [6, 6.07) is 11.9. The van der Waals surface area contributed by atoms with E-state index in [4.69, 9.17) is 0 Å². The van der Waals surface area contributed by atoms with E-state index in [9.17, 15) is 18.0 Å². The lowest BCUT2D eigenvalue weighted by Gasteiger charge is -2.30. The smallest absolute Gasteiger partial charge is 0.243 e. The molecule has 1 aliphatic heterocycles. The van der Waals surface area contributed by atoms with Gasteiger partial charge in [0.2, 0.25) is 10.0 Å². The number of hydrogen-bond donors (Lipinski definition) is 0. The van der Waals surface area contributed by atoms with Crippen molar-refractivity contribution in [3.05, 3.63) is 64.7 Å². The molecule has 1 saturated heterocycles. The first kappa shape index (κ1) is 20.4. The Morgan fingerprint density at radius 3 is 2.14 bits per heavy atom. The van der Waals surface area contributed by atoms with Gasteiger partial charge in [0.25, 0.3) is 0 Å². The molecule has 1 heterocycles. The lowest BCUT2D eigenvalue weighted by atomic mass is 9.87. The highest BCUT2D eigenvalue weighted by Crippen LogP contribution is 2.27. The minimum absolute atomic E-state index is 0.101. The molecule has 0 unspecified atom stereocenters. The third-order valence-electron chi connectivity index (χ3n) is 5.38. The van der Waals surface area contributed by atoms with Gasteiger partial charge in [-0.3, -0.25) is 9.59 Å². The van der Waals surface area contributed by atoms with Crippen LogP contribution in [0.4, 0.5) is 0 Å². The fourth-order valence-electron chi connectivity index (χ4n) is 3.59. The van der Waals surface area contributed by atoms with E-state index in [1.54, 1.807) is 0 Å². The predicted molar refractivity (Wildman–Crippen MR) is 108 cm³/mol. The maximum Gasteiger partial charge on any atom is 0.243 e. The third kappa shape index (κ3) is 4.08. The van der Waals surface area contributed by atoms with Crippen LogP contribution in [0.15, 0.2) is 47.4 Å². The Balaban J connectivity index is 1.71. The molecule has 2 aromatic carbocycles. The molecule has 5 nitrogen and oxygen atoms in total. The van der Waals surface area contributed by atoms with Gasteiger partial charge in [-0.1, -0.05) is 29.8 Å². The summed E-state index contributed by atoms with van der Waals surface area (Å²) in [6.07, 6.45) is 1.02. The number of rotatable bonds is 5. The zero-order valence-electron chi connectivity index (χ0n) is 16.4. The van der Waals surface area contributed by atoms with Crippen LogP contribution in [-0.2, 0) is 10.0 Å². The number of nitrogens with zero attached hydrogens (tertiary/aromatic N) is 1. The normalized spacial score (nSPS) is 16.1. The van der Waals surface area contributed by atoms with Crippen molar-refractivity contribution in [1.82, 2.24) is 4.31 Å². The Labute approximate surface area is 166 Å². The molecule has 148 valence electrons. The van der Waals surface area contributed by atoms with Gasteiger partial charge in [-0.15, -0.1) is 0 Å². The number of benzene rings is 2. The third-order valence-corrected chi connectivity index (χ3v) is 7.29. The maximum atomic E-state index is 12.9. The molecule has 1 fully saturated rings. The summed E-state index contributed by atoms with van der Waals surface area (Å²) < 4.78 is 27.2. The highest BCUT2D eigenvalue weighted by atomic mass is 32.2. The van der Waals surface area contributed by atoms with Gasteiger partial charge in [0.05, 0.1) is 4.90 Å². The van der Waals surface area contributed by atoms with Crippen molar-refractivity contribution in [3.8, 4) is 0 Å². The van der Waals surface area contributed by atoms with E-state index in [2.05, 4.69) is 0 Å². The van der Waals surface area contributed by atoms with E-state index in [0.29, 0.717) is 31.5 Å². The Morgan fingerprint density at radius 2 is 1.57 bits per heavy atom. The first-order chi connectivity index (χ1) is 13.2. The molecule has 0 spiro atoms. The summed E-state index contributed by atoms with van der Waals surface area (Å²) in [5.41, 5.74) is 3.22. The topological polar surface area (TPSA) is 71.5 Å². The number of carbonyl (C=O) groups excluding carboxylic acids is 2. The number of sulfonamides is 1. The van der Waals surface area contributed by atoms with Crippen LogP contribution in [-0.4, -0.2) is 37.4 Å². The summed E-state index contributed by atoms with van der Waals surface area (Å²) in [4.78, 5) is 24.5. The summed E-state index contributed by atoms with van der Waals surface area (Å²) in [5.74, 6) is -0.161. The predicted octanol–water partition coefficient (Wildman–Crippen LogP) is 3.79. The number of Topliss-reactive ketones (excluding diaryl/α,β-unsaturated/α-hetero) is 2. The lowest BCUT2D eigenvalue weighted by Crippen LogP contribution is -2.40. The number of aryl methyl sites for hydroxylation is 2. The first-order valence-electron chi connectivity index (χ1n) is 9.43. The van der Waals surface area contributed by atoms with Crippen LogP contribution in [0.25, 0.3) is 0 Å². The monoisotopic (exact) mass is 399 g/mol. The van der Waals surface area contributed by atoms with E-state index in [1.165, 1.54) is 35.5 Å². The summed E-state index contributed by atoms with van der Waals surface area (Å²) in [7, 11) is -3.62. The van der Waals surface area contributed by atoms with Crippen molar-refractivity contribution in [2.75, 3.05) is 13.1 Å². The Hall–Kier alpha value is -2.31. The van der Waals surface area contributed by atoms with Gasteiger partial charge in [-0.05, 0) is 57.4 Å². The second kappa shape index (κ2) is 7.97. The first-order valence-corrected chi connectivity index (χ1v) is 10.9.